The monoisotopic (exact) mass is 354 g/mol. The number of rotatable bonds is 0. The van der Waals surface area contributed by atoms with Crippen LogP contribution in [0, 0.1) is 40.8 Å². The van der Waals surface area contributed by atoms with E-state index in [9.17, 15) is 0 Å². The normalized spacial score (nSPS) is 0. The molecule has 7 heavy (non-hydrogen) atoms. The Morgan fingerprint density at radius 1 is 0.571 bits per heavy atom. The summed E-state index contributed by atoms with van der Waals surface area (Å²) in [6, 6.07) is 0. The zero-order valence-electron chi connectivity index (χ0n) is 3.52. The molecule has 8 N–H and O–H groups in total. The SMILES string of the molecule is O.O.O.O.[Nd].[V].[Y]. The number of hydrogen-bond acceptors (Lipinski definition) is 0. The molecule has 0 saturated carbocycles. The predicted molar refractivity (Wildman–Crippen MR) is 14.5 cm³/mol. The van der Waals surface area contributed by atoms with E-state index < -0.39 is 0 Å². The van der Waals surface area contributed by atoms with E-state index in [1.165, 1.54) is 0 Å². The van der Waals surface area contributed by atoms with Crippen LogP contribution in [-0.4, -0.2) is 21.9 Å². The molecule has 0 heterocycles. The van der Waals surface area contributed by atoms with Crippen LogP contribution in [0.2, 0.25) is 0 Å². The third kappa shape index (κ3) is 50.7. The standard InChI is InChI=1S/Nd.4H2O.V.Y/h;4*1H2;;. The quantitative estimate of drug-likeness (QED) is 0.431. The molecule has 0 rings (SSSR count). The van der Waals surface area contributed by atoms with Gasteiger partial charge >= 0.3 is 0 Å². The van der Waals surface area contributed by atoms with E-state index in [2.05, 4.69) is 0 Å². The van der Waals surface area contributed by atoms with Crippen LogP contribution >= 0.6 is 0 Å². The Kier molecular flexibility index (Phi) is 893. The molecule has 0 fully saturated rings. The Balaban J connectivity index is 0. The van der Waals surface area contributed by atoms with Gasteiger partial charge in [-0.05, 0) is 0 Å². The first-order valence-corrected chi connectivity index (χ1v) is 0. The van der Waals surface area contributed by atoms with E-state index in [0.717, 1.165) is 0 Å². The first-order valence-electron chi connectivity index (χ1n) is 0. The summed E-state index contributed by atoms with van der Waals surface area (Å²) >= 11 is 0. The predicted octanol–water partition coefficient (Wildman–Crippen LogP) is -3.30. The zero-order chi connectivity index (χ0) is 0. The van der Waals surface area contributed by atoms with E-state index in [1.807, 2.05) is 0 Å². The first-order chi connectivity index (χ1) is 0. The van der Waals surface area contributed by atoms with Crippen molar-refractivity contribution >= 4 is 0 Å². The second kappa shape index (κ2) is 66.5. The topological polar surface area (TPSA) is 126 Å². The summed E-state index contributed by atoms with van der Waals surface area (Å²) in [5.74, 6) is 0. The van der Waals surface area contributed by atoms with Crippen LogP contribution in [0.25, 0.3) is 0 Å². The largest absolute Gasteiger partial charge is 0.412 e. The average Bonchev–Trinajstić information content (AvgIpc) is 0. The van der Waals surface area contributed by atoms with Crippen molar-refractivity contribution in [2.45, 2.75) is 0 Å². The van der Waals surface area contributed by atoms with Gasteiger partial charge < -0.3 is 21.9 Å². The van der Waals surface area contributed by atoms with Crippen molar-refractivity contribution in [1.82, 2.24) is 0 Å². The maximum atomic E-state index is 0. The number of hydrogen-bond donors (Lipinski definition) is 0. The molecule has 0 saturated heterocycles. The van der Waals surface area contributed by atoms with Crippen molar-refractivity contribution in [3.05, 3.63) is 0 Å². The molecule has 0 aliphatic carbocycles. The molecule has 0 aliphatic heterocycles. The third-order valence-corrected chi connectivity index (χ3v) is 0. The molecule has 0 amide bonds. The van der Waals surface area contributed by atoms with Gasteiger partial charge in [0.1, 0.15) is 0 Å². The molecule has 0 aromatic rings. The van der Waals surface area contributed by atoms with Crippen LogP contribution in [0.5, 0.6) is 0 Å². The fourth-order valence-electron chi connectivity index (χ4n) is 0. The van der Waals surface area contributed by atoms with Gasteiger partial charge in [-0.2, -0.15) is 0 Å². The Bertz CT molecular complexity index is 11.7. The van der Waals surface area contributed by atoms with Gasteiger partial charge in [0.2, 0.25) is 0 Å². The van der Waals surface area contributed by atoms with Gasteiger partial charge in [0.25, 0.3) is 0 Å². The minimum Gasteiger partial charge on any atom is -0.412 e. The maximum Gasteiger partial charge on any atom is 0 e. The van der Waals surface area contributed by atoms with Crippen molar-refractivity contribution in [2.24, 2.45) is 0 Å². The Hall–Kier alpha value is 2.88. The third-order valence-electron chi connectivity index (χ3n) is 0. The van der Waals surface area contributed by atoms with Crippen LogP contribution in [0.4, 0.5) is 0 Å². The smallest absolute Gasteiger partial charge is 0 e. The van der Waals surface area contributed by atoms with Gasteiger partial charge in [-0.25, -0.2) is 0 Å². The molecule has 4 nitrogen and oxygen atoms in total. The van der Waals surface area contributed by atoms with Crippen LogP contribution in [0.3, 0.4) is 0 Å². The molecular formula is H8NdO4VY. The molecule has 2 radical (unpaired) electrons. The molecular weight excluding hydrogens is 348 g/mol. The van der Waals surface area contributed by atoms with Gasteiger partial charge in [-0.15, -0.1) is 0 Å². The van der Waals surface area contributed by atoms with Crippen molar-refractivity contribution in [2.75, 3.05) is 0 Å². The van der Waals surface area contributed by atoms with E-state index in [0.29, 0.717) is 0 Å². The minimum absolute atomic E-state index is 0. The molecule has 7 heteroatoms. The molecule has 0 atom stereocenters. The van der Waals surface area contributed by atoms with E-state index in [4.69, 9.17) is 0 Å². The van der Waals surface area contributed by atoms with Crippen molar-refractivity contribution in [3.63, 3.8) is 0 Å². The summed E-state index contributed by atoms with van der Waals surface area (Å²) in [5.41, 5.74) is 0. The summed E-state index contributed by atoms with van der Waals surface area (Å²) < 4.78 is 0. The Labute approximate surface area is 112 Å². The van der Waals surface area contributed by atoms with Crippen molar-refractivity contribution in [1.29, 1.82) is 0 Å². The summed E-state index contributed by atoms with van der Waals surface area (Å²) in [4.78, 5) is 0. The van der Waals surface area contributed by atoms with E-state index >= 15 is 0 Å². The van der Waals surface area contributed by atoms with Crippen molar-refractivity contribution < 1.29 is 114 Å². The van der Waals surface area contributed by atoms with Gasteiger partial charge in [0.05, 0.1) is 0 Å². The second-order valence-electron chi connectivity index (χ2n) is 0. The van der Waals surface area contributed by atoms with Gasteiger partial charge in [-0.1, -0.05) is 0 Å². The van der Waals surface area contributed by atoms with Crippen LogP contribution in [-0.2, 0) is 51.3 Å². The molecule has 0 spiro atoms. The summed E-state index contributed by atoms with van der Waals surface area (Å²) in [7, 11) is 0. The molecule has 0 aromatic carbocycles. The molecule has 0 aromatic heterocycles. The van der Waals surface area contributed by atoms with Crippen LogP contribution in [0.1, 0.15) is 0 Å². The Morgan fingerprint density at radius 3 is 0.571 bits per heavy atom. The average molecular weight is 356 g/mol. The maximum absolute atomic E-state index is 0. The molecule has 44 valence electrons. The first kappa shape index (κ1) is 94.0. The van der Waals surface area contributed by atoms with Crippen LogP contribution in [0.15, 0.2) is 0 Å². The van der Waals surface area contributed by atoms with Crippen LogP contribution < -0.4 is 0 Å². The fourth-order valence-corrected chi connectivity index (χ4v) is 0. The van der Waals surface area contributed by atoms with Gasteiger partial charge in [0.15, 0.2) is 0 Å². The van der Waals surface area contributed by atoms with E-state index in [-0.39, 0.29) is 114 Å². The molecule has 0 bridgehead atoms. The van der Waals surface area contributed by atoms with E-state index in [1.54, 1.807) is 0 Å². The molecule has 0 aliphatic rings. The second-order valence-corrected chi connectivity index (χ2v) is 0. The molecule has 0 unspecified atom stereocenters. The Morgan fingerprint density at radius 2 is 0.571 bits per heavy atom. The van der Waals surface area contributed by atoms with Gasteiger partial charge in [0, 0.05) is 92.1 Å². The fraction of sp³-hybridized carbons (Fsp3) is 0. The summed E-state index contributed by atoms with van der Waals surface area (Å²) in [5, 5.41) is 0. The summed E-state index contributed by atoms with van der Waals surface area (Å²) in [6.07, 6.45) is 0. The summed E-state index contributed by atoms with van der Waals surface area (Å²) in [6.45, 7) is 0. The minimum atomic E-state index is 0. The van der Waals surface area contributed by atoms with Gasteiger partial charge in [-0.3, -0.25) is 0 Å². The van der Waals surface area contributed by atoms with Crippen molar-refractivity contribution in [3.8, 4) is 0 Å². The zero-order valence-corrected chi connectivity index (χ0v) is 11.0.